The Bertz CT molecular complexity index is 488. The van der Waals surface area contributed by atoms with E-state index in [1.807, 2.05) is 19.1 Å². The third-order valence-corrected chi connectivity index (χ3v) is 5.13. The van der Waals surface area contributed by atoms with Crippen LogP contribution in [0.4, 0.5) is 4.39 Å². The third-order valence-electron chi connectivity index (χ3n) is 5.13. The van der Waals surface area contributed by atoms with Gasteiger partial charge in [-0.05, 0) is 25.8 Å². The highest BCUT2D eigenvalue weighted by molar-refractivity contribution is 5.22. The van der Waals surface area contributed by atoms with Gasteiger partial charge in [0.05, 0.1) is 6.10 Å². The summed E-state index contributed by atoms with van der Waals surface area (Å²) in [5.74, 6) is 0.453. The summed E-state index contributed by atoms with van der Waals surface area (Å²) in [6.45, 7) is 7.45. The van der Waals surface area contributed by atoms with Crippen LogP contribution in [0.5, 0.6) is 0 Å². The Morgan fingerprint density at radius 3 is 2.85 bits per heavy atom. The summed E-state index contributed by atoms with van der Waals surface area (Å²) in [5, 5.41) is 3.64. The SMILES string of the molecule is C[C@@H](NC1C2CCCOC2C1(C)C)c1ccccc1F. The first-order chi connectivity index (χ1) is 9.51. The highest BCUT2D eigenvalue weighted by Crippen LogP contribution is 2.51. The molecule has 2 fully saturated rings. The molecule has 110 valence electrons. The molecule has 1 saturated heterocycles. The van der Waals surface area contributed by atoms with Crippen molar-refractivity contribution in [3.05, 3.63) is 35.6 Å². The molecule has 0 bridgehead atoms. The van der Waals surface area contributed by atoms with E-state index in [4.69, 9.17) is 4.74 Å². The van der Waals surface area contributed by atoms with E-state index in [-0.39, 0.29) is 17.3 Å². The molecule has 0 spiro atoms. The molecule has 1 saturated carbocycles. The van der Waals surface area contributed by atoms with Gasteiger partial charge in [-0.1, -0.05) is 32.0 Å². The van der Waals surface area contributed by atoms with Gasteiger partial charge in [0.1, 0.15) is 5.82 Å². The van der Waals surface area contributed by atoms with Crippen LogP contribution in [-0.2, 0) is 4.74 Å². The quantitative estimate of drug-likeness (QED) is 0.910. The van der Waals surface area contributed by atoms with Crippen molar-refractivity contribution in [1.82, 2.24) is 5.32 Å². The minimum absolute atomic E-state index is 0.0309. The Morgan fingerprint density at radius 1 is 1.35 bits per heavy atom. The van der Waals surface area contributed by atoms with Crippen LogP contribution in [0.15, 0.2) is 24.3 Å². The number of ether oxygens (including phenoxy) is 1. The molecular weight excluding hydrogens is 253 g/mol. The molecular formula is C17H24FNO. The van der Waals surface area contributed by atoms with E-state index >= 15 is 0 Å². The fraction of sp³-hybridized carbons (Fsp3) is 0.647. The summed E-state index contributed by atoms with van der Waals surface area (Å²) in [5.41, 5.74) is 0.883. The monoisotopic (exact) mass is 277 g/mol. The number of fused-ring (bicyclic) bond motifs is 1. The van der Waals surface area contributed by atoms with Gasteiger partial charge in [-0.3, -0.25) is 0 Å². The lowest BCUT2D eigenvalue weighted by atomic mass is 9.55. The molecule has 4 atom stereocenters. The first-order valence-electron chi connectivity index (χ1n) is 7.64. The second kappa shape index (κ2) is 5.12. The average molecular weight is 277 g/mol. The van der Waals surface area contributed by atoms with Crippen molar-refractivity contribution in [2.75, 3.05) is 6.61 Å². The van der Waals surface area contributed by atoms with Gasteiger partial charge in [-0.25, -0.2) is 4.39 Å². The standard InChI is InChI=1S/C17H24FNO/c1-11(12-7-4-5-9-14(12)18)19-15-13-8-6-10-20-16(13)17(15,2)3/h4-5,7,9,11,13,15-16,19H,6,8,10H2,1-3H3/t11-,13?,15?,16?/m1/s1. The van der Waals surface area contributed by atoms with Gasteiger partial charge in [0, 0.05) is 35.6 Å². The normalized spacial score (nSPS) is 33.1. The lowest BCUT2D eigenvalue weighted by Gasteiger charge is -2.60. The molecule has 2 nitrogen and oxygen atoms in total. The van der Waals surface area contributed by atoms with E-state index in [0.29, 0.717) is 18.1 Å². The van der Waals surface area contributed by atoms with Gasteiger partial charge in [0.25, 0.3) is 0 Å². The Labute approximate surface area is 120 Å². The Balaban J connectivity index is 1.73. The van der Waals surface area contributed by atoms with Gasteiger partial charge in [-0.15, -0.1) is 0 Å². The lowest BCUT2D eigenvalue weighted by molar-refractivity contribution is -0.194. The van der Waals surface area contributed by atoms with Crippen molar-refractivity contribution in [3.8, 4) is 0 Å². The van der Waals surface area contributed by atoms with Crippen molar-refractivity contribution < 1.29 is 9.13 Å². The Kier molecular flexibility index (Phi) is 3.59. The Hall–Kier alpha value is -0.930. The second-order valence-corrected chi connectivity index (χ2v) is 6.81. The zero-order valence-corrected chi connectivity index (χ0v) is 12.5. The largest absolute Gasteiger partial charge is 0.377 e. The number of benzene rings is 1. The second-order valence-electron chi connectivity index (χ2n) is 6.81. The molecule has 1 aliphatic heterocycles. The minimum Gasteiger partial charge on any atom is -0.377 e. The van der Waals surface area contributed by atoms with E-state index in [1.165, 1.54) is 12.5 Å². The van der Waals surface area contributed by atoms with Crippen LogP contribution in [0.3, 0.4) is 0 Å². The molecule has 1 N–H and O–H groups in total. The molecule has 3 rings (SSSR count). The maximum atomic E-state index is 13.9. The highest BCUT2D eigenvalue weighted by Gasteiger charge is 2.57. The number of hydrogen-bond acceptors (Lipinski definition) is 2. The van der Waals surface area contributed by atoms with E-state index in [0.717, 1.165) is 18.6 Å². The zero-order valence-electron chi connectivity index (χ0n) is 12.5. The first kappa shape index (κ1) is 14.0. The molecule has 20 heavy (non-hydrogen) atoms. The zero-order chi connectivity index (χ0) is 14.3. The van der Waals surface area contributed by atoms with Crippen LogP contribution in [0.25, 0.3) is 0 Å². The Morgan fingerprint density at radius 2 is 2.10 bits per heavy atom. The predicted octanol–water partition coefficient (Wildman–Crippen LogP) is 3.68. The topological polar surface area (TPSA) is 21.3 Å². The molecule has 1 heterocycles. The molecule has 3 unspecified atom stereocenters. The van der Waals surface area contributed by atoms with Crippen LogP contribution in [-0.4, -0.2) is 18.8 Å². The molecule has 0 aromatic heterocycles. The summed E-state index contributed by atoms with van der Waals surface area (Å²) in [6.07, 6.45) is 2.72. The lowest BCUT2D eigenvalue weighted by Crippen LogP contribution is -2.69. The molecule has 1 aliphatic carbocycles. The summed E-state index contributed by atoms with van der Waals surface area (Å²) >= 11 is 0. The minimum atomic E-state index is -0.124. The van der Waals surface area contributed by atoms with E-state index in [2.05, 4.69) is 19.2 Å². The molecule has 0 radical (unpaired) electrons. The smallest absolute Gasteiger partial charge is 0.127 e. The van der Waals surface area contributed by atoms with Gasteiger partial charge in [0.2, 0.25) is 0 Å². The molecule has 1 aromatic carbocycles. The molecule has 3 heteroatoms. The summed E-state index contributed by atoms with van der Waals surface area (Å²) in [4.78, 5) is 0. The third kappa shape index (κ3) is 2.17. The number of rotatable bonds is 3. The van der Waals surface area contributed by atoms with Gasteiger partial charge in [0.15, 0.2) is 0 Å². The average Bonchev–Trinajstić information content (AvgIpc) is 2.45. The van der Waals surface area contributed by atoms with Gasteiger partial charge in [-0.2, -0.15) is 0 Å². The van der Waals surface area contributed by atoms with Crippen molar-refractivity contribution in [3.63, 3.8) is 0 Å². The van der Waals surface area contributed by atoms with Crippen molar-refractivity contribution in [2.24, 2.45) is 11.3 Å². The van der Waals surface area contributed by atoms with Crippen molar-refractivity contribution in [1.29, 1.82) is 0 Å². The van der Waals surface area contributed by atoms with E-state index < -0.39 is 0 Å². The van der Waals surface area contributed by atoms with Gasteiger partial charge >= 0.3 is 0 Å². The molecule has 1 aromatic rings. The molecule has 0 amide bonds. The van der Waals surface area contributed by atoms with E-state index in [9.17, 15) is 4.39 Å². The first-order valence-corrected chi connectivity index (χ1v) is 7.64. The maximum absolute atomic E-state index is 13.9. The number of halogens is 1. The van der Waals surface area contributed by atoms with Crippen molar-refractivity contribution in [2.45, 2.75) is 51.8 Å². The van der Waals surface area contributed by atoms with Crippen LogP contribution in [0.2, 0.25) is 0 Å². The fourth-order valence-electron chi connectivity index (χ4n) is 4.05. The van der Waals surface area contributed by atoms with Gasteiger partial charge < -0.3 is 10.1 Å². The maximum Gasteiger partial charge on any atom is 0.127 e. The fourth-order valence-corrected chi connectivity index (χ4v) is 4.05. The van der Waals surface area contributed by atoms with E-state index in [1.54, 1.807) is 6.07 Å². The predicted molar refractivity (Wildman–Crippen MR) is 78.0 cm³/mol. The highest BCUT2D eigenvalue weighted by atomic mass is 19.1. The summed E-state index contributed by atoms with van der Waals surface area (Å²) in [7, 11) is 0. The summed E-state index contributed by atoms with van der Waals surface area (Å²) in [6, 6.07) is 7.48. The molecule has 2 aliphatic rings. The van der Waals surface area contributed by atoms with Crippen molar-refractivity contribution >= 4 is 0 Å². The van der Waals surface area contributed by atoms with Crippen LogP contribution in [0, 0.1) is 17.2 Å². The number of nitrogens with one attached hydrogen (secondary N) is 1. The number of hydrogen-bond donors (Lipinski definition) is 1. The van der Waals surface area contributed by atoms with Crippen LogP contribution in [0.1, 0.15) is 45.2 Å². The van der Waals surface area contributed by atoms with Crippen LogP contribution >= 0.6 is 0 Å². The van der Waals surface area contributed by atoms with Crippen LogP contribution < -0.4 is 5.32 Å². The summed E-state index contributed by atoms with van der Waals surface area (Å²) < 4.78 is 19.8.